The first kappa shape index (κ1) is 14.2. The summed E-state index contributed by atoms with van der Waals surface area (Å²) >= 11 is 7.38. The zero-order chi connectivity index (χ0) is 11.9. The van der Waals surface area contributed by atoms with E-state index >= 15 is 0 Å². The van der Waals surface area contributed by atoms with Crippen LogP contribution >= 0.6 is 31.9 Å². The Kier molecular flexibility index (Phi) is 6.67. The molecule has 0 aromatic heterocycles. The van der Waals surface area contributed by atoms with Crippen LogP contribution in [-0.2, 0) is 5.41 Å². The van der Waals surface area contributed by atoms with E-state index in [9.17, 15) is 0 Å². The Labute approximate surface area is 116 Å². The molecule has 1 rings (SSSR count). The van der Waals surface area contributed by atoms with Crippen molar-refractivity contribution in [3.63, 3.8) is 0 Å². The van der Waals surface area contributed by atoms with E-state index in [1.807, 2.05) is 0 Å². The Morgan fingerprint density at radius 2 is 1.62 bits per heavy atom. The first-order valence-corrected chi connectivity index (χ1v) is 8.21. The molecular weight excluding hydrogens is 328 g/mol. The molecular formula is C14H20Br2. The molecule has 0 saturated carbocycles. The fourth-order valence-corrected chi connectivity index (χ4v) is 4.11. The van der Waals surface area contributed by atoms with Crippen LogP contribution in [0.2, 0.25) is 0 Å². The molecule has 0 nitrogen and oxygen atoms in total. The molecule has 0 aliphatic carbocycles. The van der Waals surface area contributed by atoms with E-state index in [-0.39, 0.29) is 5.41 Å². The number of benzene rings is 1. The van der Waals surface area contributed by atoms with Crippen LogP contribution in [0.4, 0.5) is 0 Å². The second kappa shape index (κ2) is 7.50. The minimum Gasteiger partial charge on any atom is -0.0918 e. The fourth-order valence-electron chi connectivity index (χ4n) is 1.97. The standard InChI is InChI=1S/C14H20Br2/c1-2-3-7-10-14(11-15,12-16)13-8-5-4-6-9-13/h4-6,8-9H,2-3,7,10-12H2,1H3. The predicted molar refractivity (Wildman–Crippen MR) is 79.9 cm³/mol. The average molecular weight is 348 g/mol. The smallest absolute Gasteiger partial charge is 0.0147 e. The van der Waals surface area contributed by atoms with Crippen molar-refractivity contribution < 1.29 is 0 Å². The third-order valence-electron chi connectivity index (χ3n) is 3.16. The van der Waals surface area contributed by atoms with E-state index in [1.54, 1.807) is 0 Å². The summed E-state index contributed by atoms with van der Waals surface area (Å²) in [6, 6.07) is 10.8. The highest BCUT2D eigenvalue weighted by atomic mass is 79.9. The quantitative estimate of drug-likeness (QED) is 0.464. The van der Waals surface area contributed by atoms with Gasteiger partial charge in [-0.3, -0.25) is 0 Å². The van der Waals surface area contributed by atoms with Crippen molar-refractivity contribution >= 4 is 31.9 Å². The van der Waals surface area contributed by atoms with Crippen molar-refractivity contribution in [3.05, 3.63) is 35.9 Å². The van der Waals surface area contributed by atoms with Crippen molar-refractivity contribution in [1.29, 1.82) is 0 Å². The van der Waals surface area contributed by atoms with E-state index in [4.69, 9.17) is 0 Å². The van der Waals surface area contributed by atoms with Gasteiger partial charge in [-0.2, -0.15) is 0 Å². The first-order valence-electron chi connectivity index (χ1n) is 5.96. The zero-order valence-corrected chi connectivity index (χ0v) is 13.1. The van der Waals surface area contributed by atoms with Gasteiger partial charge in [0.1, 0.15) is 0 Å². The van der Waals surface area contributed by atoms with E-state index < -0.39 is 0 Å². The van der Waals surface area contributed by atoms with Crippen LogP contribution < -0.4 is 0 Å². The molecule has 16 heavy (non-hydrogen) atoms. The van der Waals surface area contributed by atoms with E-state index in [1.165, 1.54) is 31.2 Å². The van der Waals surface area contributed by atoms with Crippen molar-refractivity contribution in [2.24, 2.45) is 0 Å². The van der Waals surface area contributed by atoms with Crippen LogP contribution in [0.5, 0.6) is 0 Å². The topological polar surface area (TPSA) is 0 Å². The van der Waals surface area contributed by atoms with E-state index in [0.717, 1.165) is 10.7 Å². The Hall–Kier alpha value is 0.180. The minimum atomic E-state index is 0.260. The largest absolute Gasteiger partial charge is 0.0918 e. The molecule has 0 amide bonds. The van der Waals surface area contributed by atoms with Crippen LogP contribution in [0.25, 0.3) is 0 Å². The monoisotopic (exact) mass is 346 g/mol. The molecule has 0 bridgehead atoms. The van der Waals surface area contributed by atoms with Gasteiger partial charge in [0, 0.05) is 16.1 Å². The summed E-state index contributed by atoms with van der Waals surface area (Å²) in [7, 11) is 0. The van der Waals surface area contributed by atoms with Crippen LogP contribution in [0.3, 0.4) is 0 Å². The summed E-state index contributed by atoms with van der Waals surface area (Å²) in [6.45, 7) is 2.26. The van der Waals surface area contributed by atoms with Gasteiger partial charge in [0.05, 0.1) is 0 Å². The molecule has 0 N–H and O–H groups in total. The molecule has 0 spiro atoms. The van der Waals surface area contributed by atoms with Gasteiger partial charge in [-0.05, 0) is 12.0 Å². The molecule has 0 aliphatic rings. The number of alkyl halides is 2. The molecule has 0 aliphatic heterocycles. The van der Waals surface area contributed by atoms with Crippen LogP contribution in [-0.4, -0.2) is 10.7 Å². The SMILES string of the molecule is CCCCCC(CBr)(CBr)c1ccccc1. The highest BCUT2D eigenvalue weighted by molar-refractivity contribution is 9.09. The molecule has 2 heteroatoms. The third-order valence-corrected chi connectivity index (χ3v) is 5.30. The average Bonchev–Trinajstić information content (AvgIpc) is 2.36. The lowest BCUT2D eigenvalue weighted by molar-refractivity contribution is 0.471. The molecule has 0 atom stereocenters. The Bertz CT molecular complexity index is 278. The Morgan fingerprint density at radius 3 is 2.12 bits per heavy atom. The Morgan fingerprint density at radius 1 is 1.00 bits per heavy atom. The number of hydrogen-bond donors (Lipinski definition) is 0. The molecule has 1 aromatic carbocycles. The lowest BCUT2D eigenvalue weighted by Gasteiger charge is -2.30. The molecule has 1 aromatic rings. The van der Waals surface area contributed by atoms with Crippen LogP contribution in [0, 0.1) is 0 Å². The van der Waals surface area contributed by atoms with Crippen LogP contribution in [0.15, 0.2) is 30.3 Å². The maximum absolute atomic E-state index is 3.69. The summed E-state index contributed by atoms with van der Waals surface area (Å²) < 4.78 is 0. The molecule has 0 saturated heterocycles. The maximum Gasteiger partial charge on any atom is 0.0147 e. The Balaban J connectivity index is 2.79. The van der Waals surface area contributed by atoms with Crippen molar-refractivity contribution in [2.75, 3.05) is 10.7 Å². The predicted octanol–water partition coefficient (Wildman–Crippen LogP) is 5.29. The summed E-state index contributed by atoms with van der Waals surface area (Å²) in [5.41, 5.74) is 1.70. The van der Waals surface area contributed by atoms with Crippen molar-refractivity contribution in [2.45, 2.75) is 38.0 Å². The molecule has 90 valence electrons. The summed E-state index contributed by atoms with van der Waals surface area (Å²) in [5.74, 6) is 0. The van der Waals surface area contributed by atoms with Crippen molar-refractivity contribution in [1.82, 2.24) is 0 Å². The van der Waals surface area contributed by atoms with Gasteiger partial charge in [0.25, 0.3) is 0 Å². The number of halogens is 2. The van der Waals surface area contributed by atoms with Gasteiger partial charge in [0.15, 0.2) is 0 Å². The first-order chi connectivity index (χ1) is 7.79. The second-order valence-corrected chi connectivity index (χ2v) is 5.49. The van der Waals surface area contributed by atoms with Gasteiger partial charge >= 0.3 is 0 Å². The molecule has 0 radical (unpaired) electrons. The second-order valence-electron chi connectivity index (χ2n) is 4.37. The zero-order valence-electron chi connectivity index (χ0n) is 9.89. The maximum atomic E-state index is 3.69. The highest BCUT2D eigenvalue weighted by Gasteiger charge is 2.29. The van der Waals surface area contributed by atoms with Gasteiger partial charge < -0.3 is 0 Å². The lowest BCUT2D eigenvalue weighted by atomic mass is 9.80. The summed E-state index contributed by atoms with van der Waals surface area (Å²) in [5, 5.41) is 2.05. The lowest BCUT2D eigenvalue weighted by Crippen LogP contribution is -2.30. The van der Waals surface area contributed by atoms with Crippen LogP contribution in [0.1, 0.15) is 38.2 Å². The summed E-state index contributed by atoms with van der Waals surface area (Å²) in [4.78, 5) is 0. The minimum absolute atomic E-state index is 0.260. The normalized spacial score (nSPS) is 11.7. The van der Waals surface area contributed by atoms with E-state index in [2.05, 4.69) is 69.1 Å². The number of hydrogen-bond acceptors (Lipinski definition) is 0. The van der Waals surface area contributed by atoms with Gasteiger partial charge in [-0.25, -0.2) is 0 Å². The van der Waals surface area contributed by atoms with E-state index in [0.29, 0.717) is 0 Å². The summed E-state index contributed by atoms with van der Waals surface area (Å²) in [6.07, 6.45) is 5.17. The molecule has 0 unspecified atom stereocenters. The number of unbranched alkanes of at least 4 members (excludes halogenated alkanes) is 2. The number of rotatable bonds is 7. The molecule has 0 heterocycles. The van der Waals surface area contributed by atoms with Crippen molar-refractivity contribution in [3.8, 4) is 0 Å². The van der Waals surface area contributed by atoms with Gasteiger partial charge in [-0.15, -0.1) is 0 Å². The van der Waals surface area contributed by atoms with Gasteiger partial charge in [0.2, 0.25) is 0 Å². The molecule has 0 fully saturated rings. The fraction of sp³-hybridized carbons (Fsp3) is 0.571. The van der Waals surface area contributed by atoms with Gasteiger partial charge in [-0.1, -0.05) is 88.4 Å². The third kappa shape index (κ3) is 3.59. The highest BCUT2D eigenvalue weighted by Crippen LogP contribution is 2.34.